The van der Waals surface area contributed by atoms with E-state index in [-0.39, 0.29) is 47.1 Å². The van der Waals surface area contributed by atoms with Crippen molar-refractivity contribution in [2.24, 2.45) is 0 Å². The minimum absolute atomic E-state index is 0.00485. The maximum Gasteiger partial charge on any atom is 0.263 e. The molecule has 4 rings (SSSR count). The van der Waals surface area contributed by atoms with Gasteiger partial charge in [-0.05, 0) is 43.3 Å². The lowest BCUT2D eigenvalue weighted by Gasteiger charge is -2.18. The van der Waals surface area contributed by atoms with Crippen molar-refractivity contribution in [2.75, 3.05) is 31.2 Å². The van der Waals surface area contributed by atoms with Crippen LogP contribution in [-0.2, 0) is 20.0 Å². The summed E-state index contributed by atoms with van der Waals surface area (Å²) in [5.41, 5.74) is 1.41. The minimum atomic E-state index is -4.13. The summed E-state index contributed by atoms with van der Waals surface area (Å²) in [7, 11) is -6.15. The number of hydrogen-bond acceptors (Lipinski definition) is 10. The number of anilines is 1. The van der Waals surface area contributed by atoms with Crippen LogP contribution in [0.15, 0.2) is 78.0 Å². The number of nitrogens with one attached hydrogen (secondary N) is 2. The zero-order valence-corrected chi connectivity index (χ0v) is 23.5. The van der Waals surface area contributed by atoms with E-state index in [1.807, 2.05) is 6.92 Å². The van der Waals surface area contributed by atoms with Crippen LogP contribution in [0.25, 0.3) is 11.4 Å². The molecule has 0 saturated heterocycles. The fourth-order valence-corrected chi connectivity index (χ4v) is 4.87. The van der Waals surface area contributed by atoms with Gasteiger partial charge in [0.05, 0.1) is 18.3 Å². The van der Waals surface area contributed by atoms with E-state index in [9.17, 15) is 16.8 Å². The third kappa shape index (κ3) is 7.43. The van der Waals surface area contributed by atoms with Gasteiger partial charge in [0.15, 0.2) is 23.1 Å². The zero-order valence-electron chi connectivity index (χ0n) is 21.9. The standard InChI is InChI=1S/C26H27N5O7S2/c1-18-8-10-20(11-9-18)40(34,35)31-25-23(38-22-7-5-4-6-21(22)36-2)26(37-17-16-28-39(3,32)33)30-24(29-25)19-12-14-27-15-13-19/h4-15,28H,16-17H2,1-3H3,(H,29,30,31). The predicted molar refractivity (Wildman–Crippen MR) is 149 cm³/mol. The average molecular weight is 586 g/mol. The maximum atomic E-state index is 13.4. The fourth-order valence-electron chi connectivity index (χ4n) is 3.41. The van der Waals surface area contributed by atoms with Crippen LogP contribution in [-0.4, -0.2) is 58.3 Å². The number of aryl methyl sites for hydroxylation is 1. The topological polar surface area (TPSA) is 159 Å². The van der Waals surface area contributed by atoms with E-state index in [4.69, 9.17) is 14.2 Å². The van der Waals surface area contributed by atoms with Crippen molar-refractivity contribution in [3.05, 3.63) is 78.6 Å². The number of pyridine rings is 1. The molecule has 12 nitrogen and oxygen atoms in total. The highest BCUT2D eigenvalue weighted by atomic mass is 32.2. The molecule has 2 aromatic heterocycles. The molecular formula is C26H27N5O7S2. The molecule has 0 aliphatic heterocycles. The molecule has 0 aliphatic rings. The molecule has 0 bridgehead atoms. The molecule has 4 aromatic rings. The SMILES string of the molecule is COc1ccccc1Oc1c(NS(=O)(=O)c2ccc(C)cc2)nc(-c2ccncc2)nc1OCCNS(C)(=O)=O. The summed E-state index contributed by atoms with van der Waals surface area (Å²) in [6, 6.07) is 16.3. The van der Waals surface area contributed by atoms with Gasteiger partial charge < -0.3 is 14.2 Å². The monoisotopic (exact) mass is 585 g/mol. The smallest absolute Gasteiger partial charge is 0.263 e. The Balaban J connectivity index is 1.84. The Morgan fingerprint density at radius 1 is 0.875 bits per heavy atom. The molecule has 2 heterocycles. The fraction of sp³-hybridized carbons (Fsp3) is 0.192. The van der Waals surface area contributed by atoms with E-state index < -0.39 is 20.0 Å². The first-order valence-electron chi connectivity index (χ1n) is 11.9. The molecule has 0 spiro atoms. The lowest BCUT2D eigenvalue weighted by Crippen LogP contribution is -2.27. The van der Waals surface area contributed by atoms with Crippen molar-refractivity contribution in [1.29, 1.82) is 0 Å². The van der Waals surface area contributed by atoms with Crippen LogP contribution in [0.1, 0.15) is 5.56 Å². The Hall–Kier alpha value is -4.27. The van der Waals surface area contributed by atoms with Crippen molar-refractivity contribution in [3.8, 4) is 34.5 Å². The Morgan fingerprint density at radius 2 is 1.55 bits per heavy atom. The Kier molecular flexibility index (Phi) is 8.82. The van der Waals surface area contributed by atoms with Crippen LogP contribution in [0.3, 0.4) is 0 Å². The summed E-state index contributed by atoms with van der Waals surface area (Å²) in [6.45, 7) is 1.62. The average Bonchev–Trinajstić information content (AvgIpc) is 2.92. The second kappa shape index (κ2) is 12.3. The van der Waals surface area contributed by atoms with Gasteiger partial charge in [0.25, 0.3) is 15.9 Å². The van der Waals surface area contributed by atoms with Crippen molar-refractivity contribution in [1.82, 2.24) is 19.7 Å². The van der Waals surface area contributed by atoms with Crippen molar-refractivity contribution in [3.63, 3.8) is 0 Å². The normalized spacial score (nSPS) is 11.6. The molecule has 0 unspecified atom stereocenters. The highest BCUT2D eigenvalue weighted by Crippen LogP contribution is 2.41. The molecule has 2 N–H and O–H groups in total. The van der Waals surface area contributed by atoms with Gasteiger partial charge in [0, 0.05) is 24.5 Å². The van der Waals surface area contributed by atoms with Crippen LogP contribution in [0.4, 0.5) is 5.82 Å². The largest absolute Gasteiger partial charge is 0.493 e. The number of aromatic nitrogens is 3. The maximum absolute atomic E-state index is 13.4. The van der Waals surface area contributed by atoms with Crippen molar-refractivity contribution < 1.29 is 31.0 Å². The summed E-state index contributed by atoms with van der Waals surface area (Å²) in [5, 5.41) is 0. The lowest BCUT2D eigenvalue weighted by molar-refractivity contribution is 0.292. The highest BCUT2D eigenvalue weighted by molar-refractivity contribution is 7.92. The molecule has 40 heavy (non-hydrogen) atoms. The van der Waals surface area contributed by atoms with Gasteiger partial charge in [0.1, 0.15) is 6.61 Å². The highest BCUT2D eigenvalue weighted by Gasteiger charge is 2.25. The van der Waals surface area contributed by atoms with Gasteiger partial charge in [-0.3, -0.25) is 9.71 Å². The summed E-state index contributed by atoms with van der Waals surface area (Å²) in [4.78, 5) is 12.9. The molecule has 210 valence electrons. The number of ether oxygens (including phenoxy) is 3. The first-order chi connectivity index (χ1) is 19.1. The number of hydrogen-bond donors (Lipinski definition) is 2. The van der Waals surface area contributed by atoms with Gasteiger partial charge in [-0.25, -0.2) is 26.5 Å². The minimum Gasteiger partial charge on any atom is -0.493 e. The molecular weight excluding hydrogens is 558 g/mol. The van der Waals surface area contributed by atoms with Gasteiger partial charge in [-0.15, -0.1) is 0 Å². The van der Waals surface area contributed by atoms with Gasteiger partial charge >= 0.3 is 0 Å². The van der Waals surface area contributed by atoms with E-state index in [2.05, 4.69) is 24.4 Å². The van der Waals surface area contributed by atoms with Gasteiger partial charge in [-0.1, -0.05) is 29.8 Å². The van der Waals surface area contributed by atoms with E-state index in [0.717, 1.165) is 11.8 Å². The van der Waals surface area contributed by atoms with E-state index >= 15 is 0 Å². The molecule has 0 amide bonds. The second-order valence-corrected chi connectivity index (χ2v) is 12.0. The van der Waals surface area contributed by atoms with E-state index in [1.54, 1.807) is 48.5 Å². The quantitative estimate of drug-likeness (QED) is 0.236. The first kappa shape index (κ1) is 28.7. The summed E-state index contributed by atoms with van der Waals surface area (Å²) < 4.78 is 71.9. The number of benzene rings is 2. The van der Waals surface area contributed by atoms with Crippen LogP contribution in [0.5, 0.6) is 23.1 Å². The zero-order chi connectivity index (χ0) is 28.8. The van der Waals surface area contributed by atoms with E-state index in [0.29, 0.717) is 11.3 Å². The number of sulfonamides is 2. The Bertz CT molecular complexity index is 1680. The van der Waals surface area contributed by atoms with Crippen LogP contribution in [0.2, 0.25) is 0 Å². The molecule has 2 aromatic carbocycles. The first-order valence-corrected chi connectivity index (χ1v) is 15.2. The number of rotatable bonds is 12. The second-order valence-electron chi connectivity index (χ2n) is 8.45. The van der Waals surface area contributed by atoms with Crippen LogP contribution in [0, 0.1) is 6.92 Å². The van der Waals surface area contributed by atoms with E-state index in [1.165, 1.54) is 31.6 Å². The molecule has 0 aliphatic carbocycles. The molecule has 0 fully saturated rings. The predicted octanol–water partition coefficient (Wildman–Crippen LogP) is 3.38. The summed E-state index contributed by atoms with van der Waals surface area (Å²) in [6.07, 6.45) is 4.09. The lowest BCUT2D eigenvalue weighted by atomic mass is 10.2. The third-order valence-electron chi connectivity index (χ3n) is 5.32. The third-order valence-corrected chi connectivity index (χ3v) is 7.40. The summed E-state index contributed by atoms with van der Waals surface area (Å²) >= 11 is 0. The molecule has 14 heteroatoms. The number of methoxy groups -OCH3 is 1. The Labute approximate surface area is 232 Å². The van der Waals surface area contributed by atoms with Crippen molar-refractivity contribution >= 4 is 25.9 Å². The molecule has 0 atom stereocenters. The van der Waals surface area contributed by atoms with Gasteiger partial charge in [0.2, 0.25) is 15.8 Å². The Morgan fingerprint density at radius 3 is 2.20 bits per heavy atom. The van der Waals surface area contributed by atoms with Crippen LogP contribution >= 0.6 is 0 Å². The van der Waals surface area contributed by atoms with Crippen LogP contribution < -0.4 is 23.7 Å². The van der Waals surface area contributed by atoms with Gasteiger partial charge in [-0.2, -0.15) is 4.98 Å². The molecule has 0 radical (unpaired) electrons. The number of nitrogens with zero attached hydrogens (tertiary/aromatic N) is 3. The van der Waals surface area contributed by atoms with Crippen molar-refractivity contribution in [2.45, 2.75) is 11.8 Å². The molecule has 0 saturated carbocycles. The summed E-state index contributed by atoms with van der Waals surface area (Å²) in [5.74, 6) is 0.210. The number of para-hydroxylation sites is 2.